The van der Waals surface area contributed by atoms with Crippen molar-refractivity contribution in [3.63, 3.8) is 0 Å². The molecule has 4 nitrogen and oxygen atoms in total. The number of aryl methyl sites for hydroxylation is 2. The van der Waals surface area contributed by atoms with Crippen LogP contribution in [0.2, 0.25) is 0 Å². The number of urea groups is 1. The summed E-state index contributed by atoms with van der Waals surface area (Å²) in [7, 11) is 0. The molecule has 1 spiro atoms. The highest BCUT2D eigenvalue weighted by atomic mass is 16.2. The third kappa shape index (κ3) is 2.62. The van der Waals surface area contributed by atoms with E-state index in [0.29, 0.717) is 6.54 Å². The smallest absolute Gasteiger partial charge is 0.323 e. The number of nitrogens with zero attached hydrogens (tertiary/aromatic N) is 1. The summed E-state index contributed by atoms with van der Waals surface area (Å²) in [6.07, 6.45) is 5.90. The van der Waals surface area contributed by atoms with Crippen LogP contribution in [0.25, 0.3) is 0 Å². The van der Waals surface area contributed by atoms with E-state index >= 15 is 0 Å². The Bertz CT molecular complexity index is 601. The van der Waals surface area contributed by atoms with Gasteiger partial charge in [0.2, 0.25) is 0 Å². The highest BCUT2D eigenvalue weighted by molar-refractivity contribution is 6.07. The van der Waals surface area contributed by atoms with E-state index in [1.165, 1.54) is 4.90 Å². The number of rotatable bonds is 2. The molecular weight excluding hydrogens is 276 g/mol. The minimum absolute atomic E-state index is 0.0275. The maximum atomic E-state index is 12.9. The molecule has 3 amide bonds. The summed E-state index contributed by atoms with van der Waals surface area (Å²) in [5, 5.41) is 3.00. The standard InChI is InChI=1S/C18H24N2O2/c1-13-7-8-14(2)15(11-13)12-20-16(21)18(19-17(20)22)9-5-3-4-6-10-18/h7-8,11H,3-6,9-10,12H2,1-2H3,(H,19,22). The predicted octanol–water partition coefficient (Wildman–Crippen LogP) is 3.45. The maximum Gasteiger partial charge on any atom is 0.325 e. The molecule has 1 aromatic carbocycles. The number of carbonyl (C=O) groups is 2. The molecule has 2 fully saturated rings. The molecule has 1 aliphatic carbocycles. The molecular formula is C18H24N2O2. The van der Waals surface area contributed by atoms with E-state index in [1.54, 1.807) is 0 Å². The molecule has 0 aromatic heterocycles. The third-order valence-corrected chi connectivity index (χ3v) is 5.04. The molecule has 3 rings (SSSR count). The lowest BCUT2D eigenvalue weighted by Gasteiger charge is -2.24. The van der Waals surface area contributed by atoms with Crippen molar-refractivity contribution in [3.05, 3.63) is 34.9 Å². The molecule has 22 heavy (non-hydrogen) atoms. The van der Waals surface area contributed by atoms with Crippen LogP contribution in [0.5, 0.6) is 0 Å². The zero-order chi connectivity index (χ0) is 15.7. The predicted molar refractivity (Wildman–Crippen MR) is 85.4 cm³/mol. The topological polar surface area (TPSA) is 49.4 Å². The number of benzene rings is 1. The summed E-state index contributed by atoms with van der Waals surface area (Å²) in [5.74, 6) is -0.0275. The first kappa shape index (κ1) is 15.1. The van der Waals surface area contributed by atoms with Crippen molar-refractivity contribution < 1.29 is 9.59 Å². The van der Waals surface area contributed by atoms with Gasteiger partial charge >= 0.3 is 6.03 Å². The lowest BCUT2D eigenvalue weighted by atomic mass is 9.90. The Balaban J connectivity index is 1.84. The van der Waals surface area contributed by atoms with E-state index in [-0.39, 0.29) is 11.9 Å². The molecule has 0 unspecified atom stereocenters. The quantitative estimate of drug-likeness (QED) is 0.850. The average molecular weight is 300 g/mol. The van der Waals surface area contributed by atoms with Crippen LogP contribution < -0.4 is 5.32 Å². The van der Waals surface area contributed by atoms with Gasteiger partial charge in [-0.3, -0.25) is 9.69 Å². The van der Waals surface area contributed by atoms with Gasteiger partial charge in [-0.2, -0.15) is 0 Å². The van der Waals surface area contributed by atoms with Crippen molar-refractivity contribution >= 4 is 11.9 Å². The zero-order valence-corrected chi connectivity index (χ0v) is 13.4. The van der Waals surface area contributed by atoms with Crippen LogP contribution in [0.1, 0.15) is 55.2 Å². The molecule has 4 heteroatoms. The summed E-state index contributed by atoms with van der Waals surface area (Å²) in [4.78, 5) is 26.7. The summed E-state index contributed by atoms with van der Waals surface area (Å²) in [6.45, 7) is 4.43. The van der Waals surface area contributed by atoms with Gasteiger partial charge < -0.3 is 5.32 Å². The van der Waals surface area contributed by atoms with Gasteiger partial charge in [-0.05, 0) is 37.8 Å². The van der Waals surface area contributed by atoms with Gasteiger partial charge in [0.15, 0.2) is 0 Å². The highest BCUT2D eigenvalue weighted by Crippen LogP contribution is 2.33. The van der Waals surface area contributed by atoms with Gasteiger partial charge in [0.05, 0.1) is 6.54 Å². The first-order chi connectivity index (χ1) is 10.5. The molecule has 1 saturated heterocycles. The SMILES string of the molecule is Cc1ccc(C)c(CN2C(=O)NC3(CCCCCC3)C2=O)c1. The second kappa shape index (κ2) is 5.75. The monoisotopic (exact) mass is 300 g/mol. The van der Waals surface area contributed by atoms with E-state index in [2.05, 4.69) is 17.4 Å². The minimum atomic E-state index is -0.634. The van der Waals surface area contributed by atoms with Crippen LogP contribution in [-0.4, -0.2) is 22.4 Å². The molecule has 118 valence electrons. The fraction of sp³-hybridized carbons (Fsp3) is 0.556. The fourth-order valence-electron chi connectivity index (χ4n) is 3.63. The number of carbonyl (C=O) groups excluding carboxylic acids is 2. The number of imide groups is 1. The average Bonchev–Trinajstić information content (AvgIpc) is 2.67. The molecule has 1 saturated carbocycles. The van der Waals surface area contributed by atoms with Crippen molar-refractivity contribution in [1.82, 2.24) is 10.2 Å². The van der Waals surface area contributed by atoms with Gasteiger partial charge in [-0.25, -0.2) is 4.79 Å². The van der Waals surface area contributed by atoms with Crippen LogP contribution in [0.3, 0.4) is 0 Å². The van der Waals surface area contributed by atoms with Gasteiger partial charge in [0.1, 0.15) is 5.54 Å². The van der Waals surface area contributed by atoms with Crippen molar-refractivity contribution in [2.24, 2.45) is 0 Å². The maximum absolute atomic E-state index is 12.9. The van der Waals surface area contributed by atoms with Crippen LogP contribution in [0, 0.1) is 13.8 Å². The number of hydrogen-bond donors (Lipinski definition) is 1. The molecule has 1 N–H and O–H groups in total. The normalized spacial score (nSPS) is 21.1. The lowest BCUT2D eigenvalue weighted by Crippen LogP contribution is -2.46. The Morgan fingerprint density at radius 1 is 1.09 bits per heavy atom. The molecule has 0 bridgehead atoms. The summed E-state index contributed by atoms with van der Waals surface area (Å²) >= 11 is 0. The number of hydrogen-bond acceptors (Lipinski definition) is 2. The largest absolute Gasteiger partial charge is 0.325 e. The Morgan fingerprint density at radius 3 is 2.45 bits per heavy atom. The van der Waals surface area contributed by atoms with Crippen LogP contribution in [0.4, 0.5) is 4.79 Å². The van der Waals surface area contributed by atoms with Crippen LogP contribution in [0.15, 0.2) is 18.2 Å². The van der Waals surface area contributed by atoms with E-state index in [4.69, 9.17) is 0 Å². The van der Waals surface area contributed by atoms with Crippen LogP contribution in [-0.2, 0) is 11.3 Å². The number of amides is 3. The lowest BCUT2D eigenvalue weighted by molar-refractivity contribution is -0.132. The Labute approximate surface area is 131 Å². The molecule has 1 aliphatic heterocycles. The summed E-state index contributed by atoms with van der Waals surface area (Å²) in [5.41, 5.74) is 2.68. The molecule has 0 atom stereocenters. The van der Waals surface area contributed by atoms with Crippen molar-refractivity contribution in [1.29, 1.82) is 0 Å². The van der Waals surface area contributed by atoms with E-state index < -0.39 is 5.54 Å². The second-order valence-corrected chi connectivity index (χ2v) is 6.75. The van der Waals surface area contributed by atoms with Crippen LogP contribution >= 0.6 is 0 Å². The van der Waals surface area contributed by atoms with Crippen molar-refractivity contribution in [2.75, 3.05) is 0 Å². The minimum Gasteiger partial charge on any atom is -0.323 e. The van der Waals surface area contributed by atoms with Gasteiger partial charge in [-0.15, -0.1) is 0 Å². The van der Waals surface area contributed by atoms with E-state index in [9.17, 15) is 9.59 Å². The van der Waals surface area contributed by atoms with E-state index in [1.807, 2.05) is 19.9 Å². The molecule has 2 aliphatic rings. The highest BCUT2D eigenvalue weighted by Gasteiger charge is 2.50. The molecule has 1 heterocycles. The van der Waals surface area contributed by atoms with E-state index in [0.717, 1.165) is 55.2 Å². The molecule has 1 aromatic rings. The fourth-order valence-corrected chi connectivity index (χ4v) is 3.63. The zero-order valence-electron chi connectivity index (χ0n) is 13.4. The summed E-state index contributed by atoms with van der Waals surface area (Å²) in [6, 6.07) is 5.93. The van der Waals surface area contributed by atoms with Crippen molar-refractivity contribution in [3.8, 4) is 0 Å². The Kier molecular flexibility index (Phi) is 3.94. The van der Waals surface area contributed by atoms with Crippen molar-refractivity contribution in [2.45, 2.75) is 64.5 Å². The summed E-state index contributed by atoms with van der Waals surface area (Å²) < 4.78 is 0. The third-order valence-electron chi connectivity index (χ3n) is 5.04. The first-order valence-electron chi connectivity index (χ1n) is 8.22. The van der Waals surface area contributed by atoms with Gasteiger partial charge in [0.25, 0.3) is 5.91 Å². The Morgan fingerprint density at radius 2 is 1.77 bits per heavy atom. The second-order valence-electron chi connectivity index (χ2n) is 6.75. The Hall–Kier alpha value is -1.84. The number of nitrogens with one attached hydrogen (secondary N) is 1. The van der Waals surface area contributed by atoms with Gasteiger partial charge in [-0.1, -0.05) is 49.4 Å². The molecule has 0 radical (unpaired) electrons. The van der Waals surface area contributed by atoms with Gasteiger partial charge in [0, 0.05) is 0 Å². The first-order valence-corrected chi connectivity index (χ1v) is 8.22.